The molecule has 2 unspecified atom stereocenters. The molecule has 0 spiro atoms. The Bertz CT molecular complexity index is 359. The van der Waals surface area contributed by atoms with Crippen LogP contribution < -0.4 is 0 Å². The van der Waals surface area contributed by atoms with Crippen molar-refractivity contribution in [2.75, 3.05) is 13.7 Å². The van der Waals surface area contributed by atoms with Crippen molar-refractivity contribution in [3.05, 3.63) is 17.2 Å². The van der Waals surface area contributed by atoms with E-state index in [1.54, 1.807) is 7.11 Å². The summed E-state index contributed by atoms with van der Waals surface area (Å²) in [4.78, 5) is 8.25. The molecule has 3 heteroatoms. The van der Waals surface area contributed by atoms with Gasteiger partial charge in [-0.25, -0.2) is 4.98 Å². The Morgan fingerprint density at radius 2 is 2.35 bits per heavy atom. The van der Waals surface area contributed by atoms with Gasteiger partial charge in [0.1, 0.15) is 5.82 Å². The SMILES string of the molecule is CCC1CCc2nc(CC(C)COC)[nH]c2C1. The van der Waals surface area contributed by atoms with Gasteiger partial charge in [-0.05, 0) is 31.1 Å². The molecule has 1 aliphatic carbocycles. The van der Waals surface area contributed by atoms with Crippen LogP contribution in [0.25, 0.3) is 0 Å². The molecule has 17 heavy (non-hydrogen) atoms. The highest BCUT2D eigenvalue weighted by molar-refractivity contribution is 5.18. The van der Waals surface area contributed by atoms with Crippen LogP contribution in [0.2, 0.25) is 0 Å². The van der Waals surface area contributed by atoms with E-state index in [2.05, 4.69) is 18.8 Å². The second-order valence-corrected chi connectivity index (χ2v) is 5.39. The van der Waals surface area contributed by atoms with Crippen LogP contribution in [0, 0.1) is 11.8 Å². The second-order valence-electron chi connectivity index (χ2n) is 5.39. The molecular formula is C14H24N2O. The first-order chi connectivity index (χ1) is 8.22. The van der Waals surface area contributed by atoms with Crippen LogP contribution in [0.1, 0.15) is 43.9 Å². The lowest BCUT2D eigenvalue weighted by atomic mass is 9.88. The van der Waals surface area contributed by atoms with Gasteiger partial charge in [0.15, 0.2) is 0 Å². The van der Waals surface area contributed by atoms with Crippen LogP contribution >= 0.6 is 0 Å². The van der Waals surface area contributed by atoms with E-state index < -0.39 is 0 Å². The summed E-state index contributed by atoms with van der Waals surface area (Å²) in [6.07, 6.45) is 5.94. The van der Waals surface area contributed by atoms with Gasteiger partial charge in [0, 0.05) is 25.8 Å². The van der Waals surface area contributed by atoms with Gasteiger partial charge in [-0.1, -0.05) is 20.3 Å². The third-order valence-corrected chi connectivity index (χ3v) is 3.77. The van der Waals surface area contributed by atoms with Crippen LogP contribution in [-0.4, -0.2) is 23.7 Å². The summed E-state index contributed by atoms with van der Waals surface area (Å²) < 4.78 is 5.17. The summed E-state index contributed by atoms with van der Waals surface area (Å²) >= 11 is 0. The van der Waals surface area contributed by atoms with Crippen molar-refractivity contribution in [3.63, 3.8) is 0 Å². The standard InChI is InChI=1S/C14H24N2O/c1-4-11-5-6-12-13(8-11)16-14(15-12)7-10(2)9-17-3/h10-11H,4-9H2,1-3H3,(H,15,16). The predicted molar refractivity (Wildman–Crippen MR) is 69.1 cm³/mol. The maximum Gasteiger partial charge on any atom is 0.106 e. The van der Waals surface area contributed by atoms with Gasteiger partial charge < -0.3 is 9.72 Å². The number of fused-ring (bicyclic) bond motifs is 1. The molecule has 0 aliphatic heterocycles. The first kappa shape index (κ1) is 12.6. The Kier molecular flexibility index (Phi) is 4.21. The number of nitrogens with one attached hydrogen (secondary N) is 1. The maximum atomic E-state index is 5.17. The molecule has 96 valence electrons. The molecule has 0 fully saturated rings. The fourth-order valence-corrected chi connectivity index (χ4v) is 2.73. The number of aromatic nitrogens is 2. The molecule has 1 aliphatic rings. The van der Waals surface area contributed by atoms with E-state index in [1.807, 2.05) is 0 Å². The molecule has 0 radical (unpaired) electrons. The van der Waals surface area contributed by atoms with Gasteiger partial charge in [-0.15, -0.1) is 0 Å². The van der Waals surface area contributed by atoms with Crippen molar-refractivity contribution >= 4 is 0 Å². The van der Waals surface area contributed by atoms with Crippen molar-refractivity contribution in [1.82, 2.24) is 9.97 Å². The number of aromatic amines is 1. The molecular weight excluding hydrogens is 212 g/mol. The van der Waals surface area contributed by atoms with Crippen molar-refractivity contribution in [2.24, 2.45) is 11.8 Å². The number of ether oxygens (including phenoxy) is 1. The fraction of sp³-hybridized carbons (Fsp3) is 0.786. The van der Waals surface area contributed by atoms with Crippen molar-refractivity contribution in [3.8, 4) is 0 Å². The van der Waals surface area contributed by atoms with E-state index in [0.717, 1.165) is 31.2 Å². The summed E-state index contributed by atoms with van der Waals surface area (Å²) in [6.45, 7) is 5.30. The fourth-order valence-electron chi connectivity index (χ4n) is 2.73. The minimum Gasteiger partial charge on any atom is -0.384 e. The minimum atomic E-state index is 0.537. The molecule has 1 N–H and O–H groups in total. The van der Waals surface area contributed by atoms with E-state index in [4.69, 9.17) is 9.72 Å². The number of hydrogen-bond donors (Lipinski definition) is 1. The molecule has 0 bridgehead atoms. The quantitative estimate of drug-likeness (QED) is 0.853. The van der Waals surface area contributed by atoms with E-state index in [0.29, 0.717) is 5.92 Å². The zero-order chi connectivity index (χ0) is 12.3. The lowest BCUT2D eigenvalue weighted by Gasteiger charge is -2.19. The zero-order valence-corrected chi connectivity index (χ0v) is 11.3. The van der Waals surface area contributed by atoms with Crippen molar-refractivity contribution in [1.29, 1.82) is 0 Å². The molecule has 1 aromatic heterocycles. The van der Waals surface area contributed by atoms with Crippen LogP contribution in [0.3, 0.4) is 0 Å². The first-order valence-electron chi connectivity index (χ1n) is 6.78. The second kappa shape index (κ2) is 5.67. The first-order valence-corrected chi connectivity index (χ1v) is 6.78. The zero-order valence-electron chi connectivity index (χ0n) is 11.3. The average molecular weight is 236 g/mol. The molecule has 0 amide bonds. The molecule has 2 rings (SSSR count). The number of aryl methyl sites for hydroxylation is 1. The Morgan fingerprint density at radius 1 is 1.53 bits per heavy atom. The van der Waals surface area contributed by atoms with Gasteiger partial charge in [0.05, 0.1) is 5.69 Å². The molecule has 0 saturated heterocycles. The van der Waals surface area contributed by atoms with E-state index in [1.165, 1.54) is 30.7 Å². The average Bonchev–Trinajstić information content (AvgIpc) is 2.69. The lowest BCUT2D eigenvalue weighted by Crippen LogP contribution is -2.12. The molecule has 0 aromatic carbocycles. The minimum absolute atomic E-state index is 0.537. The van der Waals surface area contributed by atoms with Crippen molar-refractivity contribution in [2.45, 2.75) is 46.0 Å². The maximum absolute atomic E-state index is 5.17. The third-order valence-electron chi connectivity index (χ3n) is 3.77. The highest BCUT2D eigenvalue weighted by Gasteiger charge is 2.21. The van der Waals surface area contributed by atoms with E-state index in [9.17, 15) is 0 Å². The largest absolute Gasteiger partial charge is 0.384 e. The lowest BCUT2D eigenvalue weighted by molar-refractivity contribution is 0.159. The molecule has 0 saturated carbocycles. The number of rotatable bonds is 5. The Hall–Kier alpha value is -0.830. The van der Waals surface area contributed by atoms with E-state index >= 15 is 0 Å². The summed E-state index contributed by atoms with van der Waals surface area (Å²) in [6, 6.07) is 0. The molecule has 1 aromatic rings. The number of methoxy groups -OCH3 is 1. The highest BCUT2D eigenvalue weighted by atomic mass is 16.5. The van der Waals surface area contributed by atoms with Gasteiger partial charge in [0.25, 0.3) is 0 Å². The van der Waals surface area contributed by atoms with Gasteiger partial charge in [-0.3, -0.25) is 0 Å². The van der Waals surface area contributed by atoms with Gasteiger partial charge in [0.2, 0.25) is 0 Å². The smallest absolute Gasteiger partial charge is 0.106 e. The summed E-state index contributed by atoms with van der Waals surface area (Å²) in [5, 5.41) is 0. The normalized spacial score (nSPS) is 21.2. The van der Waals surface area contributed by atoms with Crippen LogP contribution in [0.5, 0.6) is 0 Å². The summed E-state index contributed by atoms with van der Waals surface area (Å²) in [7, 11) is 1.76. The summed E-state index contributed by atoms with van der Waals surface area (Å²) in [5.74, 6) is 2.54. The number of nitrogens with zero attached hydrogens (tertiary/aromatic N) is 1. The van der Waals surface area contributed by atoms with Crippen LogP contribution in [0.4, 0.5) is 0 Å². The van der Waals surface area contributed by atoms with Crippen LogP contribution in [-0.2, 0) is 24.0 Å². The van der Waals surface area contributed by atoms with Crippen molar-refractivity contribution < 1.29 is 4.74 Å². The number of hydrogen-bond acceptors (Lipinski definition) is 2. The van der Waals surface area contributed by atoms with E-state index in [-0.39, 0.29) is 0 Å². The monoisotopic (exact) mass is 236 g/mol. The van der Waals surface area contributed by atoms with Gasteiger partial charge >= 0.3 is 0 Å². The number of imidazole rings is 1. The molecule has 3 nitrogen and oxygen atoms in total. The Balaban J connectivity index is 2.00. The van der Waals surface area contributed by atoms with Crippen LogP contribution in [0.15, 0.2) is 0 Å². The molecule has 1 heterocycles. The number of H-pyrrole nitrogens is 1. The Morgan fingerprint density at radius 3 is 3.06 bits per heavy atom. The highest BCUT2D eigenvalue weighted by Crippen LogP contribution is 2.26. The molecule has 2 atom stereocenters. The van der Waals surface area contributed by atoms with Gasteiger partial charge in [-0.2, -0.15) is 0 Å². The Labute approximate surface area is 104 Å². The summed E-state index contributed by atoms with van der Waals surface area (Å²) in [5.41, 5.74) is 2.71. The topological polar surface area (TPSA) is 37.9 Å². The predicted octanol–water partition coefficient (Wildman–Crippen LogP) is 2.75. The third kappa shape index (κ3) is 3.09.